The Balaban J connectivity index is 2.48. The van der Waals surface area contributed by atoms with Gasteiger partial charge in [0.2, 0.25) is 0 Å². The molecule has 3 atom stereocenters. The van der Waals surface area contributed by atoms with Crippen molar-refractivity contribution in [1.29, 1.82) is 0 Å². The number of hydrogen-bond donors (Lipinski definition) is 1. The van der Waals surface area contributed by atoms with Crippen LogP contribution in [-0.2, 0) is 9.53 Å². The smallest absolute Gasteiger partial charge is 0.326 e. The normalized spacial score (nSPS) is 30.6. The molecule has 0 aromatic rings. The predicted molar refractivity (Wildman–Crippen MR) is 73.1 cm³/mol. The summed E-state index contributed by atoms with van der Waals surface area (Å²) in [5, 5.41) is 1.12. The minimum atomic E-state index is -0.732. The molecule has 0 saturated heterocycles. The van der Waals surface area contributed by atoms with Crippen molar-refractivity contribution in [2.45, 2.75) is 63.0 Å². The molecule has 0 spiro atoms. The van der Waals surface area contributed by atoms with E-state index in [1.807, 2.05) is 18.7 Å². The maximum atomic E-state index is 11.8. The van der Waals surface area contributed by atoms with Crippen LogP contribution in [0.15, 0.2) is 0 Å². The van der Waals surface area contributed by atoms with E-state index in [-0.39, 0.29) is 5.97 Å². The third kappa shape index (κ3) is 3.88. The van der Waals surface area contributed by atoms with Crippen molar-refractivity contribution in [3.8, 4) is 0 Å². The number of carbonyl (C=O) groups is 1. The lowest BCUT2D eigenvalue weighted by atomic mass is 10.00. The lowest BCUT2D eigenvalue weighted by Gasteiger charge is -2.23. The molecule has 4 heteroatoms. The Bertz CT molecular complexity index is 270. The van der Waals surface area contributed by atoms with Crippen LogP contribution < -0.4 is 5.73 Å². The minimum Gasteiger partial charge on any atom is -0.465 e. The van der Waals surface area contributed by atoms with E-state index in [2.05, 4.69) is 20.8 Å². The van der Waals surface area contributed by atoms with E-state index in [0.717, 1.165) is 19.3 Å². The second kappa shape index (κ2) is 6.10. The highest BCUT2D eigenvalue weighted by Crippen LogP contribution is 2.39. The summed E-state index contributed by atoms with van der Waals surface area (Å²) in [4.78, 5) is 11.8. The second-order valence-electron chi connectivity index (χ2n) is 5.33. The van der Waals surface area contributed by atoms with Crippen LogP contribution >= 0.6 is 11.8 Å². The van der Waals surface area contributed by atoms with Crippen LogP contribution in [0.1, 0.15) is 47.0 Å². The number of ether oxygens (including phenoxy) is 1. The zero-order valence-corrected chi connectivity index (χ0v) is 12.2. The zero-order valence-electron chi connectivity index (χ0n) is 11.4. The van der Waals surface area contributed by atoms with Gasteiger partial charge in [-0.25, -0.2) is 0 Å². The van der Waals surface area contributed by atoms with E-state index < -0.39 is 5.54 Å². The Kier molecular flexibility index (Phi) is 5.32. The summed E-state index contributed by atoms with van der Waals surface area (Å²) in [5.74, 6) is 0.440. The average molecular weight is 259 g/mol. The molecule has 1 saturated carbocycles. The zero-order chi connectivity index (χ0) is 13.1. The number of carbonyl (C=O) groups excluding carboxylic acids is 1. The molecule has 0 aromatic carbocycles. The van der Waals surface area contributed by atoms with Crippen LogP contribution in [0.2, 0.25) is 0 Å². The fraction of sp³-hybridized carbons (Fsp3) is 0.923. The number of esters is 1. The predicted octanol–water partition coefficient (Wildman–Crippen LogP) is 2.58. The summed E-state index contributed by atoms with van der Waals surface area (Å²) in [6, 6.07) is 0. The first-order chi connectivity index (χ1) is 7.89. The summed E-state index contributed by atoms with van der Waals surface area (Å²) in [7, 11) is 0. The van der Waals surface area contributed by atoms with Crippen LogP contribution in [-0.4, -0.2) is 28.6 Å². The van der Waals surface area contributed by atoms with E-state index >= 15 is 0 Å². The molecule has 0 bridgehead atoms. The molecule has 1 fully saturated rings. The Morgan fingerprint density at radius 3 is 2.71 bits per heavy atom. The molecule has 1 aliphatic rings. The van der Waals surface area contributed by atoms with Gasteiger partial charge in [0, 0.05) is 10.5 Å². The highest BCUT2D eigenvalue weighted by atomic mass is 32.2. The molecule has 3 unspecified atom stereocenters. The van der Waals surface area contributed by atoms with Gasteiger partial charge in [0.15, 0.2) is 0 Å². The highest BCUT2D eigenvalue weighted by Gasteiger charge is 2.43. The van der Waals surface area contributed by atoms with E-state index in [1.54, 1.807) is 0 Å². The van der Waals surface area contributed by atoms with Gasteiger partial charge in [0.1, 0.15) is 5.54 Å². The third-order valence-corrected chi connectivity index (χ3v) is 5.29. The molecule has 1 rings (SSSR count). The third-order valence-electron chi connectivity index (χ3n) is 3.53. The van der Waals surface area contributed by atoms with Crippen molar-refractivity contribution in [3.63, 3.8) is 0 Å². The number of thioether (sulfide) groups is 1. The average Bonchev–Trinajstić information content (AvgIpc) is 2.62. The number of nitrogens with two attached hydrogens (primary N) is 1. The first-order valence-corrected chi connectivity index (χ1v) is 7.45. The van der Waals surface area contributed by atoms with E-state index in [4.69, 9.17) is 10.5 Å². The minimum absolute atomic E-state index is 0.222. The van der Waals surface area contributed by atoms with Gasteiger partial charge in [-0.3, -0.25) is 4.79 Å². The van der Waals surface area contributed by atoms with E-state index in [0.29, 0.717) is 23.0 Å². The second-order valence-corrected chi connectivity index (χ2v) is 7.01. The van der Waals surface area contributed by atoms with Gasteiger partial charge >= 0.3 is 5.97 Å². The molecule has 17 heavy (non-hydrogen) atoms. The van der Waals surface area contributed by atoms with Gasteiger partial charge < -0.3 is 10.5 Å². The Morgan fingerprint density at radius 1 is 1.53 bits per heavy atom. The standard InChI is InChI=1S/C13H25NO2S/c1-5-16-12(15)13(14)7-6-11(8-13)17-10(4)9(2)3/h9-11H,5-8,14H2,1-4H3. The first kappa shape index (κ1) is 14.8. The quantitative estimate of drug-likeness (QED) is 0.771. The van der Waals surface area contributed by atoms with Crippen molar-refractivity contribution in [3.05, 3.63) is 0 Å². The van der Waals surface area contributed by atoms with Gasteiger partial charge in [0.25, 0.3) is 0 Å². The molecule has 0 amide bonds. The van der Waals surface area contributed by atoms with Crippen LogP contribution in [0.5, 0.6) is 0 Å². The number of rotatable bonds is 5. The monoisotopic (exact) mass is 259 g/mol. The van der Waals surface area contributed by atoms with Crippen molar-refractivity contribution < 1.29 is 9.53 Å². The van der Waals surface area contributed by atoms with Crippen molar-refractivity contribution >= 4 is 17.7 Å². The Labute approximate surface area is 109 Å². The van der Waals surface area contributed by atoms with Gasteiger partial charge in [-0.1, -0.05) is 20.8 Å². The molecule has 0 radical (unpaired) electrons. The highest BCUT2D eigenvalue weighted by molar-refractivity contribution is 8.00. The van der Waals surface area contributed by atoms with Gasteiger partial charge in [-0.05, 0) is 32.1 Å². The van der Waals surface area contributed by atoms with Crippen LogP contribution in [0, 0.1) is 5.92 Å². The maximum Gasteiger partial charge on any atom is 0.326 e. The van der Waals surface area contributed by atoms with E-state index in [1.165, 1.54) is 0 Å². The molecule has 2 N–H and O–H groups in total. The molecule has 100 valence electrons. The lowest BCUT2D eigenvalue weighted by Crippen LogP contribution is -2.47. The fourth-order valence-corrected chi connectivity index (χ4v) is 3.63. The van der Waals surface area contributed by atoms with Gasteiger partial charge in [-0.2, -0.15) is 11.8 Å². The summed E-state index contributed by atoms with van der Waals surface area (Å²) in [5.41, 5.74) is 5.41. The summed E-state index contributed by atoms with van der Waals surface area (Å²) >= 11 is 1.97. The fourth-order valence-electron chi connectivity index (χ4n) is 2.07. The van der Waals surface area contributed by atoms with Crippen LogP contribution in [0.3, 0.4) is 0 Å². The SMILES string of the molecule is CCOC(=O)C1(N)CCC(SC(C)C(C)C)C1. The molecule has 0 heterocycles. The van der Waals surface area contributed by atoms with Gasteiger partial charge in [-0.15, -0.1) is 0 Å². The molecule has 0 aromatic heterocycles. The molecule has 1 aliphatic carbocycles. The molecule has 0 aliphatic heterocycles. The number of hydrogen-bond acceptors (Lipinski definition) is 4. The van der Waals surface area contributed by atoms with Crippen molar-refractivity contribution in [1.82, 2.24) is 0 Å². The van der Waals surface area contributed by atoms with E-state index in [9.17, 15) is 4.79 Å². The first-order valence-electron chi connectivity index (χ1n) is 6.50. The van der Waals surface area contributed by atoms with Crippen LogP contribution in [0.25, 0.3) is 0 Å². The van der Waals surface area contributed by atoms with Crippen molar-refractivity contribution in [2.24, 2.45) is 11.7 Å². The largest absolute Gasteiger partial charge is 0.465 e. The van der Waals surface area contributed by atoms with Crippen molar-refractivity contribution in [2.75, 3.05) is 6.61 Å². The van der Waals surface area contributed by atoms with Gasteiger partial charge in [0.05, 0.1) is 6.61 Å². The summed E-state index contributed by atoms with van der Waals surface area (Å²) in [6.45, 7) is 8.94. The Morgan fingerprint density at radius 2 is 2.18 bits per heavy atom. The van der Waals surface area contributed by atoms with Crippen LogP contribution in [0.4, 0.5) is 0 Å². The lowest BCUT2D eigenvalue weighted by molar-refractivity contribution is -0.149. The summed E-state index contributed by atoms with van der Waals surface area (Å²) < 4.78 is 5.06. The topological polar surface area (TPSA) is 52.3 Å². The maximum absolute atomic E-state index is 11.8. The molecule has 3 nitrogen and oxygen atoms in total. The molecular formula is C13H25NO2S. The Hall–Kier alpha value is -0.220. The molecular weight excluding hydrogens is 234 g/mol. The summed E-state index contributed by atoms with van der Waals surface area (Å²) in [6.07, 6.45) is 2.54.